The van der Waals surface area contributed by atoms with Gasteiger partial charge >= 0.3 is 0 Å². The van der Waals surface area contributed by atoms with Crippen molar-refractivity contribution in [3.63, 3.8) is 0 Å². The van der Waals surface area contributed by atoms with Crippen molar-refractivity contribution in [2.24, 2.45) is 0 Å². The van der Waals surface area contributed by atoms with Crippen molar-refractivity contribution in [3.05, 3.63) is 33.4 Å². The van der Waals surface area contributed by atoms with Gasteiger partial charge in [-0.3, -0.25) is 0 Å². The number of unbranched alkanes of at least 4 members (excludes halogenated alkanes) is 4. The lowest BCUT2D eigenvalue weighted by Gasteiger charge is -2.12. The highest BCUT2D eigenvalue weighted by Crippen LogP contribution is 2.24. The van der Waals surface area contributed by atoms with Crippen molar-refractivity contribution in [1.82, 2.24) is 0 Å². The van der Waals surface area contributed by atoms with E-state index in [-0.39, 0.29) is 6.10 Å². The van der Waals surface area contributed by atoms with Gasteiger partial charge in [-0.05, 0) is 40.6 Å². The Balaban J connectivity index is 2.30. The minimum atomic E-state index is -0.283. The number of benzene rings is 1. The molecule has 0 spiro atoms. The van der Waals surface area contributed by atoms with E-state index in [9.17, 15) is 5.11 Å². The third-order valence-corrected chi connectivity index (χ3v) is 3.83. The molecule has 90 valence electrons. The van der Waals surface area contributed by atoms with Crippen LogP contribution in [0.3, 0.4) is 0 Å². The van der Waals surface area contributed by atoms with Crippen LogP contribution in [0.5, 0.6) is 0 Å². The lowest BCUT2D eigenvalue weighted by atomic mass is 10.0. The Labute approximate surface area is 112 Å². The van der Waals surface area contributed by atoms with Crippen LogP contribution in [-0.4, -0.2) is 5.11 Å². The molecule has 0 aliphatic rings. The van der Waals surface area contributed by atoms with Gasteiger partial charge in [-0.25, -0.2) is 0 Å². The molecular weight excluding hydrogens is 311 g/mol. The Morgan fingerprint density at radius 3 is 2.50 bits per heavy atom. The zero-order chi connectivity index (χ0) is 11.8. The van der Waals surface area contributed by atoms with Crippen LogP contribution in [0.1, 0.15) is 57.1 Å². The molecule has 0 bridgehead atoms. The molecule has 0 radical (unpaired) electrons. The van der Waals surface area contributed by atoms with E-state index in [1.54, 1.807) is 0 Å². The highest BCUT2D eigenvalue weighted by atomic mass is 127. The van der Waals surface area contributed by atoms with Crippen LogP contribution in [-0.2, 0) is 0 Å². The molecule has 1 rings (SSSR count). The second-order valence-electron chi connectivity index (χ2n) is 4.24. The van der Waals surface area contributed by atoms with Gasteiger partial charge in [0.15, 0.2) is 0 Å². The van der Waals surface area contributed by atoms with Crippen LogP contribution < -0.4 is 0 Å². The van der Waals surface area contributed by atoms with E-state index in [2.05, 4.69) is 35.6 Å². The summed E-state index contributed by atoms with van der Waals surface area (Å²) in [5, 5.41) is 10.1. The van der Waals surface area contributed by atoms with Crippen LogP contribution >= 0.6 is 22.6 Å². The number of aliphatic hydroxyl groups excluding tert-OH is 1. The molecule has 0 fully saturated rings. The largest absolute Gasteiger partial charge is 0.388 e. The molecule has 0 saturated heterocycles. The zero-order valence-electron chi connectivity index (χ0n) is 9.95. The van der Waals surface area contributed by atoms with Gasteiger partial charge in [0.05, 0.1) is 6.10 Å². The molecule has 0 saturated carbocycles. The van der Waals surface area contributed by atoms with Crippen molar-refractivity contribution < 1.29 is 5.11 Å². The molecule has 16 heavy (non-hydrogen) atoms. The third kappa shape index (κ3) is 4.83. The van der Waals surface area contributed by atoms with Gasteiger partial charge in [0.1, 0.15) is 0 Å². The lowest BCUT2D eigenvalue weighted by Crippen LogP contribution is -1.99. The zero-order valence-corrected chi connectivity index (χ0v) is 12.1. The summed E-state index contributed by atoms with van der Waals surface area (Å²) in [5.74, 6) is 0. The summed E-state index contributed by atoms with van der Waals surface area (Å²) in [6, 6.07) is 8.09. The second-order valence-corrected chi connectivity index (χ2v) is 5.40. The maximum Gasteiger partial charge on any atom is 0.0800 e. The molecule has 1 unspecified atom stereocenters. The summed E-state index contributed by atoms with van der Waals surface area (Å²) in [6.45, 7) is 2.22. The van der Waals surface area contributed by atoms with E-state index < -0.39 is 0 Å². The first-order valence-electron chi connectivity index (χ1n) is 6.18. The molecule has 2 heteroatoms. The molecule has 1 atom stereocenters. The Bertz CT molecular complexity index is 299. The van der Waals surface area contributed by atoms with Gasteiger partial charge in [0, 0.05) is 3.57 Å². The van der Waals surface area contributed by atoms with E-state index in [0.717, 1.165) is 18.4 Å². The smallest absolute Gasteiger partial charge is 0.0800 e. The Kier molecular flexibility index (Phi) is 7.05. The third-order valence-electron chi connectivity index (χ3n) is 2.85. The van der Waals surface area contributed by atoms with E-state index in [1.807, 2.05) is 18.2 Å². The first kappa shape index (κ1) is 14.0. The number of hydrogen-bond acceptors (Lipinski definition) is 1. The van der Waals surface area contributed by atoms with E-state index in [1.165, 1.54) is 29.3 Å². The number of aliphatic hydroxyl groups is 1. The molecule has 0 aromatic heterocycles. The number of rotatable bonds is 7. The topological polar surface area (TPSA) is 20.2 Å². The van der Waals surface area contributed by atoms with E-state index in [4.69, 9.17) is 0 Å². The standard InChI is InChI=1S/C14H21IO/c1-2-3-4-5-6-11-14(16)12-9-7-8-10-13(12)15/h7-10,14,16H,2-6,11H2,1H3. The van der Waals surface area contributed by atoms with E-state index in [0.29, 0.717) is 0 Å². The second kappa shape index (κ2) is 8.07. The van der Waals surface area contributed by atoms with Gasteiger partial charge in [0.25, 0.3) is 0 Å². The van der Waals surface area contributed by atoms with Crippen LogP contribution in [0.4, 0.5) is 0 Å². The molecule has 1 aromatic carbocycles. The molecule has 1 nitrogen and oxygen atoms in total. The Morgan fingerprint density at radius 1 is 1.12 bits per heavy atom. The predicted octanol–water partition coefficient (Wildman–Crippen LogP) is 4.69. The number of hydrogen-bond donors (Lipinski definition) is 1. The highest BCUT2D eigenvalue weighted by molar-refractivity contribution is 14.1. The molecule has 0 amide bonds. The summed E-state index contributed by atoms with van der Waals surface area (Å²) in [7, 11) is 0. The van der Waals surface area contributed by atoms with Gasteiger partial charge in [0.2, 0.25) is 0 Å². The monoisotopic (exact) mass is 332 g/mol. The number of halogens is 1. The fraction of sp³-hybridized carbons (Fsp3) is 0.571. The Hall–Kier alpha value is -0.0900. The molecular formula is C14H21IO. The summed E-state index contributed by atoms with van der Waals surface area (Å²) < 4.78 is 1.17. The van der Waals surface area contributed by atoms with Crippen LogP contribution in [0.15, 0.2) is 24.3 Å². The molecule has 0 aliphatic carbocycles. The van der Waals surface area contributed by atoms with Crippen LogP contribution in [0.25, 0.3) is 0 Å². The van der Waals surface area contributed by atoms with Gasteiger partial charge in [-0.1, -0.05) is 57.2 Å². The molecule has 1 N–H and O–H groups in total. The normalized spacial score (nSPS) is 12.7. The van der Waals surface area contributed by atoms with Crippen molar-refractivity contribution in [1.29, 1.82) is 0 Å². The molecule has 0 aliphatic heterocycles. The summed E-state index contributed by atoms with van der Waals surface area (Å²) >= 11 is 2.29. The van der Waals surface area contributed by atoms with Crippen molar-refractivity contribution >= 4 is 22.6 Å². The van der Waals surface area contributed by atoms with Crippen molar-refractivity contribution in [2.45, 2.75) is 51.6 Å². The minimum absolute atomic E-state index is 0.283. The summed E-state index contributed by atoms with van der Waals surface area (Å²) in [5.41, 5.74) is 1.08. The van der Waals surface area contributed by atoms with E-state index >= 15 is 0 Å². The van der Waals surface area contributed by atoms with Crippen LogP contribution in [0, 0.1) is 3.57 Å². The highest BCUT2D eigenvalue weighted by Gasteiger charge is 2.09. The molecule has 0 heterocycles. The fourth-order valence-corrected chi connectivity index (χ4v) is 2.59. The van der Waals surface area contributed by atoms with Gasteiger partial charge < -0.3 is 5.11 Å². The predicted molar refractivity (Wildman–Crippen MR) is 77.5 cm³/mol. The van der Waals surface area contributed by atoms with Crippen molar-refractivity contribution in [2.75, 3.05) is 0 Å². The minimum Gasteiger partial charge on any atom is -0.388 e. The maximum atomic E-state index is 10.1. The maximum absolute atomic E-state index is 10.1. The SMILES string of the molecule is CCCCCCCC(O)c1ccccc1I. The quantitative estimate of drug-likeness (QED) is 0.567. The molecule has 1 aromatic rings. The summed E-state index contributed by atoms with van der Waals surface area (Å²) in [4.78, 5) is 0. The summed E-state index contributed by atoms with van der Waals surface area (Å²) in [6.07, 6.45) is 6.88. The average molecular weight is 332 g/mol. The van der Waals surface area contributed by atoms with Gasteiger partial charge in [-0.15, -0.1) is 0 Å². The Morgan fingerprint density at radius 2 is 1.81 bits per heavy atom. The average Bonchev–Trinajstić information content (AvgIpc) is 2.29. The lowest BCUT2D eigenvalue weighted by molar-refractivity contribution is 0.162. The first-order chi connectivity index (χ1) is 7.75. The fourth-order valence-electron chi connectivity index (χ4n) is 1.84. The first-order valence-corrected chi connectivity index (χ1v) is 7.26. The van der Waals surface area contributed by atoms with Gasteiger partial charge in [-0.2, -0.15) is 0 Å². The van der Waals surface area contributed by atoms with Crippen LogP contribution in [0.2, 0.25) is 0 Å². The van der Waals surface area contributed by atoms with Crippen molar-refractivity contribution in [3.8, 4) is 0 Å².